The molecule has 0 aliphatic carbocycles. The molecule has 0 fully saturated rings. The number of carbonyl (C=O) groups is 2. The SMILES string of the molecule is COC(=O)CN(Cc1ccc(OCc2noc(-c3ccc(C)cc3)n2)cc1)C(=O)OCC(C)C. The van der Waals surface area contributed by atoms with Crippen molar-refractivity contribution in [1.29, 1.82) is 0 Å². The van der Waals surface area contributed by atoms with Crippen LogP contribution in [-0.2, 0) is 27.4 Å². The van der Waals surface area contributed by atoms with E-state index in [0.717, 1.165) is 16.7 Å². The molecule has 1 amide bonds. The molecule has 0 aliphatic rings. The van der Waals surface area contributed by atoms with Crippen molar-refractivity contribution in [2.75, 3.05) is 20.3 Å². The molecular formula is C25H29N3O6. The fourth-order valence-electron chi connectivity index (χ4n) is 2.92. The minimum absolute atomic E-state index is 0.144. The van der Waals surface area contributed by atoms with Gasteiger partial charge in [0, 0.05) is 12.1 Å². The fraction of sp³-hybridized carbons (Fsp3) is 0.360. The van der Waals surface area contributed by atoms with Crippen LogP contribution in [0.15, 0.2) is 53.1 Å². The van der Waals surface area contributed by atoms with Crippen molar-refractivity contribution < 1.29 is 28.3 Å². The zero-order valence-corrected chi connectivity index (χ0v) is 19.8. The van der Waals surface area contributed by atoms with Gasteiger partial charge in [0.05, 0.1) is 13.7 Å². The van der Waals surface area contributed by atoms with Gasteiger partial charge in [0.2, 0.25) is 5.82 Å². The average molecular weight is 468 g/mol. The van der Waals surface area contributed by atoms with Crippen molar-refractivity contribution in [3.05, 3.63) is 65.5 Å². The van der Waals surface area contributed by atoms with Gasteiger partial charge in [-0.1, -0.05) is 48.8 Å². The van der Waals surface area contributed by atoms with Gasteiger partial charge in [-0.3, -0.25) is 9.69 Å². The van der Waals surface area contributed by atoms with E-state index in [0.29, 0.717) is 17.5 Å². The zero-order chi connectivity index (χ0) is 24.5. The topological polar surface area (TPSA) is 104 Å². The van der Waals surface area contributed by atoms with Crippen LogP contribution in [0.25, 0.3) is 11.5 Å². The van der Waals surface area contributed by atoms with Gasteiger partial charge >= 0.3 is 12.1 Å². The van der Waals surface area contributed by atoms with E-state index < -0.39 is 12.1 Å². The Labute approximate surface area is 198 Å². The third kappa shape index (κ3) is 7.33. The maximum Gasteiger partial charge on any atom is 0.410 e. The highest BCUT2D eigenvalue weighted by Gasteiger charge is 2.20. The Morgan fingerprint density at radius 1 is 1.06 bits per heavy atom. The summed E-state index contributed by atoms with van der Waals surface area (Å²) in [6.45, 7) is 6.29. The predicted molar refractivity (Wildman–Crippen MR) is 124 cm³/mol. The number of methoxy groups -OCH3 is 1. The standard InChI is InChI=1S/C25H29N3O6/c1-17(2)15-33-25(30)28(14-23(29)31-4)13-19-7-11-21(12-8-19)32-16-22-26-24(34-27-22)20-9-5-18(3)6-10-20/h5-12,17H,13-16H2,1-4H3. The summed E-state index contributed by atoms with van der Waals surface area (Å²) in [6, 6.07) is 15.0. The van der Waals surface area contributed by atoms with Gasteiger partial charge < -0.3 is 18.7 Å². The van der Waals surface area contributed by atoms with Crippen LogP contribution in [0.5, 0.6) is 5.75 Å². The molecule has 3 aromatic rings. The van der Waals surface area contributed by atoms with Crippen molar-refractivity contribution >= 4 is 12.1 Å². The quantitative estimate of drug-likeness (QED) is 0.404. The van der Waals surface area contributed by atoms with Crippen LogP contribution >= 0.6 is 0 Å². The minimum atomic E-state index is -0.569. The molecule has 1 heterocycles. The lowest BCUT2D eigenvalue weighted by molar-refractivity contribution is -0.141. The van der Waals surface area contributed by atoms with E-state index in [1.807, 2.05) is 57.2 Å². The van der Waals surface area contributed by atoms with Gasteiger partial charge in [0.15, 0.2) is 6.61 Å². The number of benzene rings is 2. The smallest absolute Gasteiger partial charge is 0.410 e. The van der Waals surface area contributed by atoms with Crippen LogP contribution in [-0.4, -0.2) is 47.4 Å². The van der Waals surface area contributed by atoms with Crippen molar-refractivity contribution in [3.63, 3.8) is 0 Å². The monoisotopic (exact) mass is 467 g/mol. The summed E-state index contributed by atoms with van der Waals surface area (Å²) in [6.07, 6.45) is -0.569. The normalized spacial score (nSPS) is 10.7. The van der Waals surface area contributed by atoms with Crippen LogP contribution in [0, 0.1) is 12.8 Å². The molecule has 0 saturated heterocycles. The number of aryl methyl sites for hydroxylation is 1. The first-order valence-electron chi connectivity index (χ1n) is 10.9. The van der Waals surface area contributed by atoms with Crippen molar-refractivity contribution in [2.24, 2.45) is 5.92 Å². The van der Waals surface area contributed by atoms with E-state index in [9.17, 15) is 9.59 Å². The number of hydrogen-bond acceptors (Lipinski definition) is 8. The number of nitrogens with zero attached hydrogens (tertiary/aromatic N) is 3. The summed E-state index contributed by atoms with van der Waals surface area (Å²) < 4.78 is 21.0. The maximum absolute atomic E-state index is 12.4. The molecule has 34 heavy (non-hydrogen) atoms. The molecule has 0 bridgehead atoms. The van der Waals surface area contributed by atoms with E-state index in [2.05, 4.69) is 10.1 Å². The highest BCUT2D eigenvalue weighted by molar-refractivity contribution is 5.78. The summed E-state index contributed by atoms with van der Waals surface area (Å²) in [7, 11) is 1.28. The number of carbonyl (C=O) groups excluding carboxylic acids is 2. The first-order chi connectivity index (χ1) is 16.3. The number of amides is 1. The number of hydrogen-bond donors (Lipinski definition) is 0. The third-order valence-corrected chi connectivity index (χ3v) is 4.78. The molecular weight excluding hydrogens is 438 g/mol. The number of esters is 1. The molecule has 2 aromatic carbocycles. The lowest BCUT2D eigenvalue weighted by atomic mass is 10.1. The second kappa shape index (κ2) is 11.8. The Kier molecular flexibility index (Phi) is 8.61. The molecule has 0 aliphatic heterocycles. The second-order valence-electron chi connectivity index (χ2n) is 8.22. The Balaban J connectivity index is 1.57. The van der Waals surface area contributed by atoms with Gasteiger partial charge in [0.25, 0.3) is 5.89 Å². The van der Waals surface area contributed by atoms with Gasteiger partial charge in [-0.25, -0.2) is 4.79 Å². The average Bonchev–Trinajstić information content (AvgIpc) is 3.31. The molecule has 0 N–H and O–H groups in total. The van der Waals surface area contributed by atoms with Gasteiger partial charge in [0.1, 0.15) is 12.3 Å². The molecule has 0 unspecified atom stereocenters. The van der Waals surface area contributed by atoms with Crippen LogP contribution in [0.4, 0.5) is 4.79 Å². The minimum Gasteiger partial charge on any atom is -0.485 e. The number of rotatable bonds is 10. The zero-order valence-electron chi connectivity index (χ0n) is 19.8. The van der Waals surface area contributed by atoms with Crippen LogP contribution in [0.1, 0.15) is 30.8 Å². The molecule has 0 radical (unpaired) electrons. The summed E-state index contributed by atoms with van der Waals surface area (Å²) in [4.78, 5) is 29.8. The highest BCUT2D eigenvalue weighted by atomic mass is 16.6. The molecule has 9 heteroatoms. The Morgan fingerprint density at radius 3 is 2.41 bits per heavy atom. The van der Waals surface area contributed by atoms with E-state index in [1.54, 1.807) is 12.1 Å². The second-order valence-corrected chi connectivity index (χ2v) is 8.22. The van der Waals surface area contributed by atoms with Crippen LogP contribution in [0.2, 0.25) is 0 Å². The van der Waals surface area contributed by atoms with Crippen molar-refractivity contribution in [2.45, 2.75) is 33.9 Å². The number of aromatic nitrogens is 2. The van der Waals surface area contributed by atoms with Gasteiger partial charge in [-0.05, 0) is 42.7 Å². The van der Waals surface area contributed by atoms with Crippen LogP contribution < -0.4 is 4.74 Å². The summed E-state index contributed by atoms with van der Waals surface area (Å²) >= 11 is 0. The molecule has 9 nitrogen and oxygen atoms in total. The molecule has 1 aromatic heterocycles. The fourth-order valence-corrected chi connectivity index (χ4v) is 2.92. The van der Waals surface area contributed by atoms with Gasteiger partial charge in [-0.15, -0.1) is 0 Å². The first-order valence-corrected chi connectivity index (χ1v) is 10.9. The lowest BCUT2D eigenvalue weighted by Gasteiger charge is -2.21. The van der Waals surface area contributed by atoms with E-state index >= 15 is 0 Å². The largest absolute Gasteiger partial charge is 0.485 e. The number of ether oxygens (including phenoxy) is 3. The molecule has 0 atom stereocenters. The lowest BCUT2D eigenvalue weighted by Crippen LogP contribution is -2.36. The Hall–Kier alpha value is -3.88. The van der Waals surface area contributed by atoms with E-state index in [4.69, 9.17) is 18.7 Å². The first kappa shape index (κ1) is 24.8. The Morgan fingerprint density at radius 2 is 1.76 bits per heavy atom. The van der Waals surface area contributed by atoms with Gasteiger partial charge in [-0.2, -0.15) is 4.98 Å². The molecule has 0 spiro atoms. The highest BCUT2D eigenvalue weighted by Crippen LogP contribution is 2.19. The van der Waals surface area contributed by atoms with Crippen molar-refractivity contribution in [3.8, 4) is 17.2 Å². The van der Waals surface area contributed by atoms with E-state index in [-0.39, 0.29) is 32.2 Å². The Bertz CT molecular complexity index is 1080. The summed E-state index contributed by atoms with van der Waals surface area (Å²) in [5.41, 5.74) is 2.80. The van der Waals surface area contributed by atoms with Crippen LogP contribution in [0.3, 0.4) is 0 Å². The summed E-state index contributed by atoms with van der Waals surface area (Å²) in [5.74, 6) is 1.13. The van der Waals surface area contributed by atoms with Crippen molar-refractivity contribution in [1.82, 2.24) is 15.0 Å². The molecule has 0 saturated carbocycles. The molecule has 3 rings (SSSR count). The molecule has 180 valence electrons. The maximum atomic E-state index is 12.4. The third-order valence-electron chi connectivity index (χ3n) is 4.78. The summed E-state index contributed by atoms with van der Waals surface area (Å²) in [5, 5.41) is 3.96. The predicted octanol–water partition coefficient (Wildman–Crippen LogP) is 4.39. The van der Waals surface area contributed by atoms with E-state index in [1.165, 1.54) is 12.0 Å².